The summed E-state index contributed by atoms with van der Waals surface area (Å²) >= 11 is 0. The van der Waals surface area contributed by atoms with Crippen molar-refractivity contribution in [1.29, 1.82) is 0 Å². The summed E-state index contributed by atoms with van der Waals surface area (Å²) in [6.07, 6.45) is 0. The summed E-state index contributed by atoms with van der Waals surface area (Å²) in [4.78, 5) is 0. The monoisotopic (exact) mass is 528 g/mol. The van der Waals surface area contributed by atoms with E-state index in [1.807, 2.05) is 158 Å². The van der Waals surface area contributed by atoms with Crippen molar-refractivity contribution in [3.05, 3.63) is 158 Å². The predicted molar refractivity (Wildman–Crippen MR) is 163 cm³/mol. The molecule has 0 saturated heterocycles. The van der Waals surface area contributed by atoms with Crippen LogP contribution in [0.25, 0.3) is 10.8 Å². The van der Waals surface area contributed by atoms with E-state index in [2.05, 4.69) is 0 Å². The molecule has 6 rings (SSSR count). The number of hydrogen-bond acceptors (Lipinski definition) is 2. The molecule has 0 amide bonds. The molecule has 0 heterocycles. The summed E-state index contributed by atoms with van der Waals surface area (Å²) in [7, 11) is -6.15. The van der Waals surface area contributed by atoms with Gasteiger partial charge in [0, 0.05) is 31.8 Å². The van der Waals surface area contributed by atoms with Crippen LogP contribution in [0, 0.1) is 0 Å². The van der Waals surface area contributed by atoms with Gasteiger partial charge in [-0.3, -0.25) is 0 Å². The fraction of sp³-hybridized carbons (Fsp3) is 0. The molecule has 0 aliphatic rings. The Balaban J connectivity index is 1.52. The van der Waals surface area contributed by atoms with E-state index >= 15 is 0 Å². The fourth-order valence-electron chi connectivity index (χ4n) is 5.06. The maximum atomic E-state index is 14.8. The van der Waals surface area contributed by atoms with Crippen LogP contribution in [0.5, 0.6) is 0 Å². The molecule has 184 valence electrons. The molecule has 6 aromatic rings. The number of fused-ring (bicyclic) bond motifs is 1. The molecule has 38 heavy (non-hydrogen) atoms. The molecule has 0 unspecified atom stereocenters. The molecule has 4 heteroatoms. The second-order valence-electron chi connectivity index (χ2n) is 9.28. The molecule has 0 saturated carbocycles. The van der Waals surface area contributed by atoms with Gasteiger partial charge in [0.2, 0.25) is 0 Å². The number of benzene rings is 6. The first-order valence-electron chi connectivity index (χ1n) is 12.6. The summed E-state index contributed by atoms with van der Waals surface area (Å²) < 4.78 is 29.6. The van der Waals surface area contributed by atoms with Crippen molar-refractivity contribution in [3.8, 4) is 0 Å². The SMILES string of the molecule is O=P(c1ccccc1)(c1ccccc1)c1ccc2cc(P(=O)(c3ccccc3)c3ccccc3)ccc2c1. The van der Waals surface area contributed by atoms with Crippen molar-refractivity contribution in [3.63, 3.8) is 0 Å². The Morgan fingerprint density at radius 2 is 0.553 bits per heavy atom. The maximum Gasteiger partial charge on any atom is 0.171 e. The minimum atomic E-state index is -3.08. The van der Waals surface area contributed by atoms with Crippen molar-refractivity contribution in [1.82, 2.24) is 0 Å². The molecular formula is C34H26O2P2. The smallest absolute Gasteiger partial charge is 0.171 e. The largest absolute Gasteiger partial charge is 0.309 e. The van der Waals surface area contributed by atoms with Gasteiger partial charge in [0.25, 0.3) is 0 Å². The third-order valence-electron chi connectivity index (χ3n) is 7.01. The second-order valence-corrected chi connectivity index (χ2v) is 14.8. The van der Waals surface area contributed by atoms with Gasteiger partial charge in [-0.1, -0.05) is 146 Å². The summed E-state index contributed by atoms with van der Waals surface area (Å²) in [6, 6.07) is 50.8. The number of rotatable bonds is 6. The van der Waals surface area contributed by atoms with E-state index in [1.54, 1.807) is 0 Å². The van der Waals surface area contributed by atoms with Crippen LogP contribution in [0.2, 0.25) is 0 Å². The van der Waals surface area contributed by atoms with Crippen molar-refractivity contribution in [2.75, 3.05) is 0 Å². The van der Waals surface area contributed by atoms with Gasteiger partial charge in [0.1, 0.15) is 0 Å². The standard InChI is InChI=1S/C34H26O2P2/c35-37(29-13-5-1-6-14-29,30-15-7-2-8-16-30)33-23-21-28-26-34(24-22-27(28)25-33)38(36,31-17-9-3-10-18-31)32-19-11-4-12-20-32/h1-26H. The zero-order chi connectivity index (χ0) is 26.0. The summed E-state index contributed by atoms with van der Waals surface area (Å²) in [5, 5.41) is 6.71. The molecule has 0 atom stereocenters. The molecule has 0 bridgehead atoms. The highest BCUT2D eigenvalue weighted by Gasteiger charge is 2.31. The van der Waals surface area contributed by atoms with Crippen molar-refractivity contribution in [2.45, 2.75) is 0 Å². The van der Waals surface area contributed by atoms with Gasteiger partial charge in [-0.05, 0) is 22.9 Å². The lowest BCUT2D eigenvalue weighted by Crippen LogP contribution is -2.25. The van der Waals surface area contributed by atoms with Gasteiger partial charge in [-0.25, -0.2) is 0 Å². The van der Waals surface area contributed by atoms with Crippen LogP contribution >= 0.6 is 14.3 Å². The Hall–Kier alpha value is -3.96. The Kier molecular flexibility index (Phi) is 6.46. The highest BCUT2D eigenvalue weighted by atomic mass is 31.2. The van der Waals surface area contributed by atoms with Gasteiger partial charge in [-0.15, -0.1) is 0 Å². The van der Waals surface area contributed by atoms with Gasteiger partial charge < -0.3 is 9.13 Å². The summed E-state index contributed by atoms with van der Waals surface area (Å²) in [6.45, 7) is 0. The minimum absolute atomic E-state index is 0.782. The lowest BCUT2D eigenvalue weighted by atomic mass is 10.1. The molecule has 0 aliphatic heterocycles. The first-order valence-corrected chi connectivity index (χ1v) is 16.0. The number of hydrogen-bond donors (Lipinski definition) is 0. The first kappa shape index (κ1) is 24.4. The third kappa shape index (κ3) is 4.17. The van der Waals surface area contributed by atoms with Gasteiger partial charge in [0.15, 0.2) is 14.3 Å². The average Bonchev–Trinajstić information content (AvgIpc) is 3.01. The molecule has 6 aromatic carbocycles. The van der Waals surface area contributed by atoms with Crippen LogP contribution in [0.15, 0.2) is 158 Å². The normalized spacial score (nSPS) is 11.9. The molecule has 0 fully saturated rings. The zero-order valence-electron chi connectivity index (χ0n) is 20.7. The average molecular weight is 529 g/mol. The van der Waals surface area contributed by atoms with E-state index in [-0.39, 0.29) is 0 Å². The third-order valence-corrected chi connectivity index (χ3v) is 13.1. The van der Waals surface area contributed by atoms with Crippen LogP contribution in [0.1, 0.15) is 0 Å². The Morgan fingerprint density at radius 3 is 0.816 bits per heavy atom. The molecule has 0 radical (unpaired) electrons. The molecule has 0 N–H and O–H groups in total. The van der Waals surface area contributed by atoms with Gasteiger partial charge >= 0.3 is 0 Å². The fourth-order valence-corrected chi connectivity index (χ4v) is 10.4. The topological polar surface area (TPSA) is 34.1 Å². The van der Waals surface area contributed by atoms with Crippen LogP contribution in [0.4, 0.5) is 0 Å². The van der Waals surface area contributed by atoms with Gasteiger partial charge in [0.05, 0.1) is 0 Å². The van der Waals surface area contributed by atoms with E-state index in [0.717, 1.165) is 42.6 Å². The lowest BCUT2D eigenvalue weighted by molar-refractivity contribution is 0.591. The quantitative estimate of drug-likeness (QED) is 0.244. The Morgan fingerprint density at radius 1 is 0.289 bits per heavy atom. The zero-order valence-corrected chi connectivity index (χ0v) is 22.5. The molecule has 0 spiro atoms. The van der Waals surface area contributed by atoms with E-state index in [9.17, 15) is 9.13 Å². The Bertz CT molecular complexity index is 1580. The van der Waals surface area contributed by atoms with E-state index in [4.69, 9.17) is 0 Å². The van der Waals surface area contributed by atoms with Gasteiger partial charge in [-0.2, -0.15) is 0 Å². The molecule has 0 aliphatic carbocycles. The summed E-state index contributed by atoms with van der Waals surface area (Å²) in [5.74, 6) is 0. The maximum absolute atomic E-state index is 14.8. The van der Waals surface area contributed by atoms with Crippen LogP contribution in [0.3, 0.4) is 0 Å². The van der Waals surface area contributed by atoms with Crippen molar-refractivity contribution < 1.29 is 9.13 Å². The molecule has 2 nitrogen and oxygen atoms in total. The van der Waals surface area contributed by atoms with E-state index < -0.39 is 14.3 Å². The van der Waals surface area contributed by atoms with E-state index in [0.29, 0.717) is 0 Å². The van der Waals surface area contributed by atoms with Crippen molar-refractivity contribution in [2.24, 2.45) is 0 Å². The minimum Gasteiger partial charge on any atom is -0.309 e. The highest BCUT2D eigenvalue weighted by Crippen LogP contribution is 2.44. The lowest BCUT2D eigenvalue weighted by Gasteiger charge is -2.22. The Labute approximate surface area is 223 Å². The van der Waals surface area contributed by atoms with Crippen LogP contribution in [-0.2, 0) is 9.13 Å². The summed E-state index contributed by atoms with van der Waals surface area (Å²) in [5.41, 5.74) is 0. The predicted octanol–water partition coefficient (Wildman–Crippen LogP) is 6.12. The second kappa shape index (κ2) is 10.1. The molecule has 0 aromatic heterocycles. The van der Waals surface area contributed by atoms with Crippen LogP contribution in [-0.4, -0.2) is 0 Å². The van der Waals surface area contributed by atoms with Crippen molar-refractivity contribution >= 4 is 56.9 Å². The van der Waals surface area contributed by atoms with Crippen LogP contribution < -0.4 is 31.8 Å². The first-order chi connectivity index (χ1) is 18.6. The highest BCUT2D eigenvalue weighted by molar-refractivity contribution is 7.85. The molecular weight excluding hydrogens is 502 g/mol. The van der Waals surface area contributed by atoms with E-state index in [1.165, 1.54) is 0 Å².